The van der Waals surface area contributed by atoms with Crippen LogP contribution in [0.4, 0.5) is 0 Å². The predicted octanol–water partition coefficient (Wildman–Crippen LogP) is 4.22. The van der Waals surface area contributed by atoms with Crippen molar-refractivity contribution in [2.24, 2.45) is 5.92 Å². The van der Waals surface area contributed by atoms with Crippen LogP contribution in [-0.4, -0.2) is 45.5 Å². The van der Waals surface area contributed by atoms with Crippen molar-refractivity contribution in [2.75, 3.05) is 19.7 Å². The van der Waals surface area contributed by atoms with E-state index < -0.39 is 0 Å². The third-order valence-corrected chi connectivity index (χ3v) is 5.64. The van der Waals surface area contributed by atoms with E-state index in [1.54, 1.807) is 10.9 Å². The third-order valence-electron chi connectivity index (χ3n) is 5.39. The number of aromatic nitrogens is 3. The smallest absolute Gasteiger partial charge is 0.276 e. The lowest BCUT2D eigenvalue weighted by molar-refractivity contribution is 0.0627. The number of carbonyl (C=O) groups is 1. The number of rotatable bonds is 6. The van der Waals surface area contributed by atoms with Crippen LogP contribution in [0.1, 0.15) is 34.5 Å². The molecule has 1 aromatic heterocycles. The van der Waals surface area contributed by atoms with E-state index >= 15 is 0 Å². The first-order valence-corrected chi connectivity index (χ1v) is 10.6. The highest BCUT2D eigenvalue weighted by atomic mass is 35.5. The van der Waals surface area contributed by atoms with Crippen LogP contribution in [0.15, 0.2) is 54.7 Å². The molecule has 0 spiro atoms. The molecule has 0 radical (unpaired) electrons. The fraction of sp³-hybridized carbons (Fsp3) is 0.348. The molecule has 2 heterocycles. The second-order valence-electron chi connectivity index (χ2n) is 7.76. The van der Waals surface area contributed by atoms with Gasteiger partial charge < -0.3 is 9.64 Å². The first kappa shape index (κ1) is 20.4. The normalized spacial score (nSPS) is 16.5. The minimum Gasteiger partial charge on any atom is -0.493 e. The van der Waals surface area contributed by atoms with Crippen LogP contribution in [0.25, 0.3) is 0 Å². The molecule has 4 rings (SSSR count). The molecule has 7 heteroatoms. The van der Waals surface area contributed by atoms with Crippen molar-refractivity contribution in [1.82, 2.24) is 19.9 Å². The topological polar surface area (TPSA) is 60.2 Å². The van der Waals surface area contributed by atoms with Gasteiger partial charge in [-0.2, -0.15) is 0 Å². The Hall–Kier alpha value is -2.86. The second kappa shape index (κ2) is 9.30. The number of hydrogen-bond donors (Lipinski definition) is 0. The third kappa shape index (κ3) is 5.00. The summed E-state index contributed by atoms with van der Waals surface area (Å²) in [6.45, 7) is 4.61. The Morgan fingerprint density at radius 2 is 2.00 bits per heavy atom. The summed E-state index contributed by atoms with van der Waals surface area (Å²) in [5, 5.41) is 8.91. The van der Waals surface area contributed by atoms with Gasteiger partial charge in [0.1, 0.15) is 5.75 Å². The van der Waals surface area contributed by atoms with Crippen LogP contribution >= 0.6 is 11.6 Å². The van der Waals surface area contributed by atoms with E-state index in [1.165, 1.54) is 0 Å². The molecule has 0 saturated carbocycles. The molecule has 0 bridgehead atoms. The summed E-state index contributed by atoms with van der Waals surface area (Å²) in [5.74, 6) is 1.15. The highest BCUT2D eigenvalue weighted by molar-refractivity contribution is 6.30. The van der Waals surface area contributed by atoms with Crippen molar-refractivity contribution in [1.29, 1.82) is 0 Å². The SMILES string of the molecule is Cc1ccccc1OCC1CCCN(C(=O)c2cn(Cc3ccc(Cl)cc3)nn2)C1. The number of para-hydroxylation sites is 1. The molecule has 1 saturated heterocycles. The van der Waals surface area contributed by atoms with Crippen molar-refractivity contribution in [3.05, 3.63) is 76.6 Å². The number of halogens is 1. The van der Waals surface area contributed by atoms with Crippen LogP contribution < -0.4 is 4.74 Å². The maximum absolute atomic E-state index is 12.9. The van der Waals surface area contributed by atoms with Gasteiger partial charge in [-0.25, -0.2) is 4.68 Å². The molecule has 6 nitrogen and oxygen atoms in total. The number of ether oxygens (including phenoxy) is 1. The number of hydrogen-bond acceptors (Lipinski definition) is 4. The van der Waals surface area contributed by atoms with Crippen molar-refractivity contribution in [3.63, 3.8) is 0 Å². The summed E-state index contributed by atoms with van der Waals surface area (Å²) in [6.07, 6.45) is 3.73. The lowest BCUT2D eigenvalue weighted by atomic mass is 9.98. The number of likely N-dealkylation sites (tertiary alicyclic amines) is 1. The van der Waals surface area contributed by atoms with Gasteiger partial charge in [0, 0.05) is 24.0 Å². The lowest BCUT2D eigenvalue weighted by Crippen LogP contribution is -2.41. The maximum atomic E-state index is 12.9. The van der Waals surface area contributed by atoms with E-state index in [4.69, 9.17) is 16.3 Å². The van der Waals surface area contributed by atoms with Crippen LogP contribution in [0.3, 0.4) is 0 Å². The van der Waals surface area contributed by atoms with Gasteiger partial charge in [0.2, 0.25) is 0 Å². The number of nitrogens with zero attached hydrogens (tertiary/aromatic N) is 4. The molecule has 1 fully saturated rings. The maximum Gasteiger partial charge on any atom is 0.276 e. The van der Waals surface area contributed by atoms with Gasteiger partial charge in [-0.3, -0.25) is 4.79 Å². The molecular formula is C23H25ClN4O2. The van der Waals surface area contributed by atoms with Crippen molar-refractivity contribution >= 4 is 17.5 Å². The highest BCUT2D eigenvalue weighted by Gasteiger charge is 2.26. The standard InChI is InChI=1S/C23H25ClN4O2/c1-17-5-2-3-7-22(17)30-16-19-6-4-12-27(13-19)23(29)21-15-28(26-25-21)14-18-8-10-20(24)11-9-18/h2-3,5,7-11,15,19H,4,6,12-14,16H2,1H3. The van der Waals surface area contributed by atoms with Gasteiger partial charge in [0.05, 0.1) is 19.3 Å². The van der Waals surface area contributed by atoms with Gasteiger partial charge in [0.25, 0.3) is 5.91 Å². The van der Waals surface area contributed by atoms with Gasteiger partial charge in [-0.15, -0.1) is 5.10 Å². The highest BCUT2D eigenvalue weighted by Crippen LogP contribution is 2.22. The summed E-state index contributed by atoms with van der Waals surface area (Å²) in [6, 6.07) is 15.6. The van der Waals surface area contributed by atoms with E-state index in [0.29, 0.717) is 36.3 Å². The zero-order valence-corrected chi connectivity index (χ0v) is 17.8. The molecule has 30 heavy (non-hydrogen) atoms. The minimum absolute atomic E-state index is 0.0713. The molecule has 0 N–H and O–H groups in total. The van der Waals surface area contributed by atoms with Gasteiger partial charge in [-0.1, -0.05) is 47.1 Å². The molecule has 1 unspecified atom stereocenters. The second-order valence-corrected chi connectivity index (χ2v) is 8.20. The number of piperidine rings is 1. The average molecular weight is 425 g/mol. The summed E-state index contributed by atoms with van der Waals surface area (Å²) >= 11 is 5.93. The largest absolute Gasteiger partial charge is 0.493 e. The fourth-order valence-electron chi connectivity index (χ4n) is 3.72. The zero-order valence-electron chi connectivity index (χ0n) is 17.0. The molecule has 2 aromatic carbocycles. The fourth-order valence-corrected chi connectivity index (χ4v) is 3.85. The Balaban J connectivity index is 1.34. The molecular weight excluding hydrogens is 400 g/mol. The van der Waals surface area contributed by atoms with Crippen molar-refractivity contribution in [3.8, 4) is 5.75 Å². The monoisotopic (exact) mass is 424 g/mol. The Kier molecular flexibility index (Phi) is 6.33. The van der Waals surface area contributed by atoms with Crippen LogP contribution in [-0.2, 0) is 6.54 Å². The van der Waals surface area contributed by atoms with E-state index in [-0.39, 0.29) is 5.91 Å². The van der Waals surface area contributed by atoms with Crippen LogP contribution in [0, 0.1) is 12.8 Å². The lowest BCUT2D eigenvalue weighted by Gasteiger charge is -2.32. The van der Waals surface area contributed by atoms with Crippen LogP contribution in [0.2, 0.25) is 5.02 Å². The van der Waals surface area contributed by atoms with E-state index in [0.717, 1.165) is 36.3 Å². The van der Waals surface area contributed by atoms with Gasteiger partial charge >= 0.3 is 0 Å². The van der Waals surface area contributed by atoms with Crippen molar-refractivity contribution in [2.45, 2.75) is 26.3 Å². The van der Waals surface area contributed by atoms with Gasteiger partial charge in [0.15, 0.2) is 5.69 Å². The molecule has 1 atom stereocenters. The summed E-state index contributed by atoms with van der Waals surface area (Å²) in [4.78, 5) is 14.8. The van der Waals surface area contributed by atoms with E-state index in [2.05, 4.69) is 10.3 Å². The molecule has 1 amide bonds. The van der Waals surface area contributed by atoms with Crippen LogP contribution in [0.5, 0.6) is 5.75 Å². The first-order valence-electron chi connectivity index (χ1n) is 10.2. The predicted molar refractivity (Wildman–Crippen MR) is 116 cm³/mol. The molecule has 0 aliphatic carbocycles. The Morgan fingerprint density at radius 1 is 1.20 bits per heavy atom. The first-order chi connectivity index (χ1) is 14.6. The molecule has 1 aliphatic heterocycles. The average Bonchev–Trinajstić information content (AvgIpc) is 3.23. The quantitative estimate of drug-likeness (QED) is 0.594. The summed E-state index contributed by atoms with van der Waals surface area (Å²) in [5.41, 5.74) is 2.55. The van der Waals surface area contributed by atoms with Gasteiger partial charge in [-0.05, 0) is 49.1 Å². The molecule has 3 aromatic rings. The molecule has 156 valence electrons. The Labute approximate surface area is 181 Å². The zero-order chi connectivity index (χ0) is 20.9. The summed E-state index contributed by atoms with van der Waals surface area (Å²) < 4.78 is 7.69. The number of aryl methyl sites for hydroxylation is 1. The van der Waals surface area contributed by atoms with E-state index in [1.807, 2.05) is 60.4 Å². The number of benzene rings is 2. The summed E-state index contributed by atoms with van der Waals surface area (Å²) in [7, 11) is 0. The Bertz CT molecular complexity index is 1000. The number of carbonyl (C=O) groups excluding carboxylic acids is 1. The molecule has 1 aliphatic rings. The van der Waals surface area contributed by atoms with E-state index in [9.17, 15) is 4.79 Å². The number of amides is 1. The Morgan fingerprint density at radius 3 is 2.80 bits per heavy atom. The van der Waals surface area contributed by atoms with Crippen molar-refractivity contribution < 1.29 is 9.53 Å². The minimum atomic E-state index is -0.0713.